The van der Waals surface area contributed by atoms with Crippen molar-refractivity contribution in [3.05, 3.63) is 64.9 Å². The van der Waals surface area contributed by atoms with E-state index in [0.717, 1.165) is 59.3 Å². The van der Waals surface area contributed by atoms with E-state index in [1.165, 1.54) is 16.8 Å². The van der Waals surface area contributed by atoms with E-state index >= 15 is 0 Å². The first-order valence-corrected chi connectivity index (χ1v) is 10.5. The Balaban J connectivity index is 1.45. The van der Waals surface area contributed by atoms with Crippen LogP contribution in [0.2, 0.25) is 5.02 Å². The maximum absolute atomic E-state index is 6.23. The molecule has 3 heterocycles. The van der Waals surface area contributed by atoms with Crippen molar-refractivity contribution in [2.75, 3.05) is 36.0 Å². The molecule has 1 aliphatic heterocycles. The minimum Gasteiger partial charge on any atom is -0.368 e. The zero-order valence-corrected chi connectivity index (χ0v) is 17.8. The summed E-state index contributed by atoms with van der Waals surface area (Å²) in [6.07, 6.45) is 1.61. The van der Waals surface area contributed by atoms with Crippen molar-refractivity contribution in [2.45, 2.75) is 13.8 Å². The number of hydrogen-bond donors (Lipinski definition) is 1. The normalized spacial score (nSPS) is 14.5. The average Bonchev–Trinajstić information content (AvgIpc) is 3.20. The number of piperazine rings is 1. The number of aromatic nitrogens is 4. The molecule has 4 aromatic rings. The summed E-state index contributed by atoms with van der Waals surface area (Å²) < 4.78 is 0. The van der Waals surface area contributed by atoms with E-state index in [2.05, 4.69) is 80.2 Å². The molecule has 0 amide bonds. The van der Waals surface area contributed by atoms with Gasteiger partial charge >= 0.3 is 0 Å². The Bertz CT molecular complexity index is 1190. The Morgan fingerprint density at radius 2 is 1.63 bits per heavy atom. The van der Waals surface area contributed by atoms with Crippen LogP contribution >= 0.6 is 11.6 Å². The van der Waals surface area contributed by atoms with Crippen molar-refractivity contribution < 1.29 is 0 Å². The number of nitrogens with zero attached hydrogens (tertiary/aromatic N) is 5. The fourth-order valence-electron chi connectivity index (χ4n) is 4.09. The van der Waals surface area contributed by atoms with Crippen LogP contribution in [0, 0.1) is 13.8 Å². The Morgan fingerprint density at radius 3 is 2.40 bits per heavy atom. The molecule has 1 fully saturated rings. The Labute approximate surface area is 180 Å². The van der Waals surface area contributed by atoms with Gasteiger partial charge in [-0.05, 0) is 31.5 Å². The standard InChI is InChI=1S/C23H23ClN6/c1-15-3-6-17(7-4-15)21-20-22(28-27-21)25-14-26-23(20)30-11-9-29(10-12-30)19-13-18(24)8-5-16(19)2/h3-8,13-14H,9-12H2,1-2H3,(H,25,26,27,28). The molecule has 2 aromatic carbocycles. The van der Waals surface area contributed by atoms with Crippen LogP contribution in [0.3, 0.4) is 0 Å². The predicted molar refractivity (Wildman–Crippen MR) is 122 cm³/mol. The van der Waals surface area contributed by atoms with Crippen molar-refractivity contribution in [2.24, 2.45) is 0 Å². The lowest BCUT2D eigenvalue weighted by atomic mass is 10.1. The summed E-state index contributed by atoms with van der Waals surface area (Å²) in [7, 11) is 0. The molecule has 1 aliphatic rings. The molecule has 2 aromatic heterocycles. The molecule has 1 saturated heterocycles. The molecule has 0 atom stereocenters. The molecule has 0 saturated carbocycles. The number of anilines is 2. The second-order valence-corrected chi connectivity index (χ2v) is 8.20. The first-order valence-electron chi connectivity index (χ1n) is 10.1. The van der Waals surface area contributed by atoms with Crippen LogP contribution in [0.1, 0.15) is 11.1 Å². The molecular formula is C23H23ClN6. The molecule has 5 rings (SSSR count). The minimum atomic E-state index is 0.767. The molecule has 0 unspecified atom stereocenters. The summed E-state index contributed by atoms with van der Waals surface area (Å²) in [4.78, 5) is 13.8. The highest BCUT2D eigenvalue weighted by Gasteiger charge is 2.24. The number of fused-ring (bicyclic) bond motifs is 1. The Kier molecular flexibility index (Phi) is 4.79. The zero-order chi connectivity index (χ0) is 20.7. The van der Waals surface area contributed by atoms with Crippen molar-refractivity contribution >= 4 is 34.1 Å². The van der Waals surface area contributed by atoms with E-state index in [0.29, 0.717) is 0 Å². The van der Waals surface area contributed by atoms with Gasteiger partial charge in [0.15, 0.2) is 5.65 Å². The van der Waals surface area contributed by atoms with E-state index in [-0.39, 0.29) is 0 Å². The van der Waals surface area contributed by atoms with Crippen LogP contribution in [-0.4, -0.2) is 46.3 Å². The van der Waals surface area contributed by atoms with E-state index in [1.54, 1.807) is 6.33 Å². The van der Waals surface area contributed by atoms with Gasteiger partial charge in [-0.15, -0.1) is 0 Å². The second kappa shape index (κ2) is 7.61. The number of benzene rings is 2. The number of nitrogens with one attached hydrogen (secondary N) is 1. The third-order valence-corrected chi connectivity index (χ3v) is 5.99. The molecule has 0 aliphatic carbocycles. The summed E-state index contributed by atoms with van der Waals surface area (Å²) >= 11 is 6.23. The molecule has 0 radical (unpaired) electrons. The van der Waals surface area contributed by atoms with E-state index in [9.17, 15) is 0 Å². The third-order valence-electron chi connectivity index (χ3n) is 5.75. The quantitative estimate of drug-likeness (QED) is 0.526. The van der Waals surface area contributed by atoms with Gasteiger partial charge in [-0.2, -0.15) is 5.10 Å². The van der Waals surface area contributed by atoms with E-state index in [4.69, 9.17) is 11.6 Å². The van der Waals surface area contributed by atoms with Gasteiger partial charge in [-0.25, -0.2) is 9.97 Å². The van der Waals surface area contributed by atoms with Gasteiger partial charge in [0.25, 0.3) is 0 Å². The van der Waals surface area contributed by atoms with Gasteiger partial charge in [-0.3, -0.25) is 5.10 Å². The number of H-pyrrole nitrogens is 1. The van der Waals surface area contributed by atoms with Gasteiger partial charge in [0.05, 0.1) is 5.39 Å². The van der Waals surface area contributed by atoms with Crippen LogP contribution < -0.4 is 9.80 Å². The predicted octanol–water partition coefficient (Wildman–Crippen LogP) is 4.62. The van der Waals surface area contributed by atoms with Crippen LogP contribution in [0.25, 0.3) is 22.3 Å². The Morgan fingerprint density at radius 1 is 0.900 bits per heavy atom. The van der Waals surface area contributed by atoms with Crippen molar-refractivity contribution in [1.82, 2.24) is 20.2 Å². The third kappa shape index (κ3) is 3.37. The van der Waals surface area contributed by atoms with Gasteiger partial charge in [0.2, 0.25) is 0 Å². The average molecular weight is 419 g/mol. The summed E-state index contributed by atoms with van der Waals surface area (Å²) in [6, 6.07) is 14.5. The SMILES string of the molecule is Cc1ccc(-c2n[nH]c3ncnc(N4CCN(c5cc(Cl)ccc5C)CC4)c23)cc1. The number of aryl methyl sites for hydroxylation is 2. The van der Waals surface area contributed by atoms with Crippen molar-refractivity contribution in [3.8, 4) is 11.3 Å². The summed E-state index contributed by atoms with van der Waals surface area (Å²) in [5.74, 6) is 0.937. The molecule has 7 heteroatoms. The molecule has 30 heavy (non-hydrogen) atoms. The van der Waals surface area contributed by atoms with Crippen molar-refractivity contribution in [1.29, 1.82) is 0 Å². The first kappa shape index (κ1) is 18.9. The van der Waals surface area contributed by atoms with Crippen molar-refractivity contribution in [3.63, 3.8) is 0 Å². The van der Waals surface area contributed by atoms with Gasteiger partial charge in [-0.1, -0.05) is 47.5 Å². The second-order valence-electron chi connectivity index (χ2n) is 7.76. The van der Waals surface area contributed by atoms with Gasteiger partial charge in [0.1, 0.15) is 17.8 Å². The smallest absolute Gasteiger partial charge is 0.161 e. The summed E-state index contributed by atoms with van der Waals surface area (Å²) in [5, 5.41) is 9.39. The lowest BCUT2D eigenvalue weighted by Crippen LogP contribution is -2.47. The topological polar surface area (TPSA) is 60.9 Å². The molecule has 6 nitrogen and oxygen atoms in total. The van der Waals surface area contributed by atoms with E-state index < -0.39 is 0 Å². The highest BCUT2D eigenvalue weighted by molar-refractivity contribution is 6.30. The monoisotopic (exact) mass is 418 g/mol. The van der Waals surface area contributed by atoms with Crippen LogP contribution in [0.15, 0.2) is 48.8 Å². The van der Waals surface area contributed by atoms with Gasteiger partial charge in [0, 0.05) is 42.5 Å². The Hall–Kier alpha value is -3.12. The fourth-order valence-corrected chi connectivity index (χ4v) is 4.25. The lowest BCUT2D eigenvalue weighted by Gasteiger charge is -2.37. The minimum absolute atomic E-state index is 0.767. The molecule has 0 spiro atoms. The number of aromatic amines is 1. The molecule has 1 N–H and O–H groups in total. The highest BCUT2D eigenvalue weighted by Crippen LogP contribution is 2.33. The molecular weight excluding hydrogens is 396 g/mol. The highest BCUT2D eigenvalue weighted by atomic mass is 35.5. The number of hydrogen-bond acceptors (Lipinski definition) is 5. The van der Waals surface area contributed by atoms with Crippen LogP contribution in [-0.2, 0) is 0 Å². The lowest BCUT2D eigenvalue weighted by molar-refractivity contribution is 0.648. The maximum Gasteiger partial charge on any atom is 0.161 e. The fraction of sp³-hybridized carbons (Fsp3) is 0.261. The first-order chi connectivity index (χ1) is 14.6. The van der Waals surface area contributed by atoms with Crippen LogP contribution in [0.5, 0.6) is 0 Å². The van der Waals surface area contributed by atoms with Gasteiger partial charge < -0.3 is 9.80 Å². The van der Waals surface area contributed by atoms with Crippen LogP contribution in [0.4, 0.5) is 11.5 Å². The number of rotatable bonds is 3. The maximum atomic E-state index is 6.23. The summed E-state index contributed by atoms with van der Waals surface area (Å²) in [6.45, 7) is 7.77. The number of halogens is 1. The van der Waals surface area contributed by atoms with E-state index in [1.807, 2.05) is 6.07 Å². The molecule has 152 valence electrons. The molecule has 0 bridgehead atoms. The summed E-state index contributed by atoms with van der Waals surface area (Å²) in [5.41, 5.74) is 6.41. The zero-order valence-electron chi connectivity index (χ0n) is 17.1. The largest absolute Gasteiger partial charge is 0.368 e.